The molecule has 24 heavy (non-hydrogen) atoms. The first-order valence-corrected chi connectivity index (χ1v) is 8.10. The van der Waals surface area contributed by atoms with Crippen molar-refractivity contribution in [3.05, 3.63) is 65.3 Å². The van der Waals surface area contributed by atoms with E-state index in [0.717, 1.165) is 23.5 Å². The molecular weight excluding hydrogens is 322 g/mol. The van der Waals surface area contributed by atoms with E-state index in [9.17, 15) is 0 Å². The van der Waals surface area contributed by atoms with Gasteiger partial charge >= 0.3 is 0 Å². The summed E-state index contributed by atoms with van der Waals surface area (Å²) >= 11 is 6.00. The van der Waals surface area contributed by atoms with E-state index in [1.807, 2.05) is 60.4 Å². The van der Waals surface area contributed by atoms with Crippen molar-refractivity contribution in [2.45, 2.75) is 13.8 Å². The third-order valence-electron chi connectivity index (χ3n) is 3.62. The number of hydrogen-bond acceptors (Lipinski definition) is 5. The molecule has 0 saturated heterocycles. The van der Waals surface area contributed by atoms with Crippen LogP contribution in [0.5, 0.6) is 0 Å². The Labute approximate surface area is 146 Å². The van der Waals surface area contributed by atoms with Crippen molar-refractivity contribution in [2.24, 2.45) is 0 Å². The molecule has 1 aromatic heterocycles. The van der Waals surface area contributed by atoms with Crippen LogP contribution < -0.4 is 10.2 Å². The molecule has 2 aromatic carbocycles. The first-order chi connectivity index (χ1) is 11.7. The number of halogens is 1. The van der Waals surface area contributed by atoms with Gasteiger partial charge in [-0.2, -0.15) is 10.1 Å². The van der Waals surface area contributed by atoms with E-state index >= 15 is 0 Å². The summed E-state index contributed by atoms with van der Waals surface area (Å²) in [7, 11) is 0. The molecule has 0 bridgehead atoms. The molecule has 0 amide bonds. The molecule has 3 aromatic rings. The van der Waals surface area contributed by atoms with Crippen molar-refractivity contribution in [1.82, 2.24) is 15.2 Å². The van der Waals surface area contributed by atoms with E-state index in [1.54, 1.807) is 6.20 Å². The summed E-state index contributed by atoms with van der Waals surface area (Å²) in [6.07, 6.45) is 1.61. The maximum absolute atomic E-state index is 6.00. The predicted molar refractivity (Wildman–Crippen MR) is 98.4 cm³/mol. The van der Waals surface area contributed by atoms with Gasteiger partial charge in [-0.15, -0.1) is 5.10 Å². The van der Waals surface area contributed by atoms with E-state index in [1.165, 1.54) is 0 Å². The zero-order chi connectivity index (χ0) is 16.9. The van der Waals surface area contributed by atoms with Crippen LogP contribution in [0.1, 0.15) is 12.5 Å². The molecule has 0 aliphatic heterocycles. The van der Waals surface area contributed by atoms with Crippen LogP contribution in [0.25, 0.3) is 0 Å². The van der Waals surface area contributed by atoms with Crippen molar-refractivity contribution in [3.63, 3.8) is 0 Å². The van der Waals surface area contributed by atoms with Crippen LogP contribution in [0.4, 0.5) is 23.1 Å². The quantitative estimate of drug-likeness (QED) is 0.728. The van der Waals surface area contributed by atoms with Gasteiger partial charge in [-0.25, -0.2) is 0 Å². The van der Waals surface area contributed by atoms with Gasteiger partial charge in [-0.3, -0.25) is 0 Å². The van der Waals surface area contributed by atoms with Crippen LogP contribution in [0.3, 0.4) is 0 Å². The minimum atomic E-state index is 0.556. The average molecular weight is 340 g/mol. The molecule has 0 spiro atoms. The van der Waals surface area contributed by atoms with E-state index in [4.69, 9.17) is 11.6 Å². The Morgan fingerprint density at radius 1 is 1.12 bits per heavy atom. The van der Waals surface area contributed by atoms with E-state index < -0.39 is 0 Å². The lowest BCUT2D eigenvalue weighted by atomic mass is 10.2. The van der Waals surface area contributed by atoms with Gasteiger partial charge in [0.1, 0.15) is 0 Å². The summed E-state index contributed by atoms with van der Waals surface area (Å²) < 4.78 is 0. The maximum Gasteiger partial charge on any atom is 0.251 e. The van der Waals surface area contributed by atoms with Gasteiger partial charge in [0, 0.05) is 22.9 Å². The van der Waals surface area contributed by atoms with E-state index in [2.05, 4.69) is 27.4 Å². The Balaban J connectivity index is 1.88. The van der Waals surface area contributed by atoms with Crippen LogP contribution in [-0.4, -0.2) is 21.7 Å². The monoisotopic (exact) mass is 339 g/mol. The lowest BCUT2D eigenvalue weighted by Crippen LogP contribution is -2.19. The number of anilines is 4. The molecule has 0 radical (unpaired) electrons. The third-order valence-corrected chi connectivity index (χ3v) is 3.86. The van der Waals surface area contributed by atoms with Crippen molar-refractivity contribution < 1.29 is 0 Å². The SMILES string of the molecule is CCN(c1ccccc1)c1nncc(Nc2ccc(Cl)cc2C)n1. The predicted octanol–water partition coefficient (Wildman–Crippen LogP) is 4.74. The lowest BCUT2D eigenvalue weighted by molar-refractivity contribution is 0.887. The molecule has 1 N–H and O–H groups in total. The summed E-state index contributed by atoms with van der Waals surface area (Å²) in [6, 6.07) is 15.7. The van der Waals surface area contributed by atoms with Gasteiger partial charge in [-0.05, 0) is 49.7 Å². The Morgan fingerprint density at radius 3 is 2.62 bits per heavy atom. The number of para-hydroxylation sites is 1. The normalized spacial score (nSPS) is 10.5. The minimum absolute atomic E-state index is 0.556. The highest BCUT2D eigenvalue weighted by molar-refractivity contribution is 6.30. The highest BCUT2D eigenvalue weighted by Crippen LogP contribution is 2.25. The molecular formula is C18H18ClN5. The summed E-state index contributed by atoms with van der Waals surface area (Å²) in [5.41, 5.74) is 3.01. The van der Waals surface area contributed by atoms with Gasteiger partial charge in [0.15, 0.2) is 5.82 Å². The average Bonchev–Trinajstić information content (AvgIpc) is 2.60. The van der Waals surface area contributed by atoms with E-state index in [0.29, 0.717) is 16.8 Å². The zero-order valence-electron chi connectivity index (χ0n) is 13.6. The van der Waals surface area contributed by atoms with Gasteiger partial charge in [-0.1, -0.05) is 29.8 Å². The van der Waals surface area contributed by atoms with Crippen molar-refractivity contribution in [2.75, 3.05) is 16.8 Å². The summed E-state index contributed by atoms with van der Waals surface area (Å²) in [4.78, 5) is 6.59. The van der Waals surface area contributed by atoms with Gasteiger partial charge in [0.25, 0.3) is 5.95 Å². The lowest BCUT2D eigenvalue weighted by Gasteiger charge is -2.20. The fourth-order valence-corrected chi connectivity index (χ4v) is 2.65. The second-order valence-electron chi connectivity index (χ2n) is 5.31. The number of aryl methyl sites for hydroxylation is 1. The number of nitrogens with zero attached hydrogens (tertiary/aromatic N) is 4. The molecule has 1 heterocycles. The fraction of sp³-hybridized carbons (Fsp3) is 0.167. The molecule has 5 nitrogen and oxygen atoms in total. The molecule has 6 heteroatoms. The van der Waals surface area contributed by atoms with Crippen LogP contribution in [0, 0.1) is 6.92 Å². The molecule has 122 valence electrons. The van der Waals surface area contributed by atoms with Crippen LogP contribution >= 0.6 is 11.6 Å². The number of rotatable bonds is 5. The van der Waals surface area contributed by atoms with Crippen LogP contribution in [0.2, 0.25) is 5.02 Å². The molecule has 0 fully saturated rings. The number of benzene rings is 2. The van der Waals surface area contributed by atoms with Crippen LogP contribution in [-0.2, 0) is 0 Å². The smallest absolute Gasteiger partial charge is 0.251 e. The highest BCUT2D eigenvalue weighted by Gasteiger charge is 2.11. The molecule has 3 rings (SSSR count). The first-order valence-electron chi connectivity index (χ1n) is 7.73. The second-order valence-corrected chi connectivity index (χ2v) is 5.74. The molecule has 0 saturated carbocycles. The van der Waals surface area contributed by atoms with Crippen molar-refractivity contribution in [3.8, 4) is 0 Å². The largest absolute Gasteiger partial charge is 0.339 e. The Hall–Kier alpha value is -2.66. The zero-order valence-corrected chi connectivity index (χ0v) is 14.3. The highest BCUT2D eigenvalue weighted by atomic mass is 35.5. The number of hydrogen-bond donors (Lipinski definition) is 1. The first kappa shape index (κ1) is 16.2. The molecule has 0 unspecified atom stereocenters. The standard InChI is InChI=1S/C18H18ClN5/c1-3-24(15-7-5-4-6-8-15)18-22-17(12-20-23-18)21-16-10-9-14(19)11-13(16)2/h4-12H,3H2,1-2H3,(H,21,22,23). The van der Waals surface area contributed by atoms with Gasteiger partial charge in [0.05, 0.1) is 6.20 Å². The fourth-order valence-electron chi connectivity index (χ4n) is 2.42. The molecule has 0 aliphatic carbocycles. The van der Waals surface area contributed by atoms with Crippen LogP contribution in [0.15, 0.2) is 54.7 Å². The number of aromatic nitrogens is 3. The third kappa shape index (κ3) is 3.63. The molecule has 0 aliphatic rings. The summed E-state index contributed by atoms with van der Waals surface area (Å²) in [5.74, 6) is 1.19. The topological polar surface area (TPSA) is 53.9 Å². The van der Waals surface area contributed by atoms with Crippen molar-refractivity contribution >= 4 is 34.7 Å². The van der Waals surface area contributed by atoms with Crippen molar-refractivity contribution in [1.29, 1.82) is 0 Å². The molecule has 0 atom stereocenters. The number of nitrogens with one attached hydrogen (secondary N) is 1. The second kappa shape index (κ2) is 7.27. The summed E-state index contributed by atoms with van der Waals surface area (Å²) in [5, 5.41) is 12.2. The van der Waals surface area contributed by atoms with Gasteiger partial charge < -0.3 is 10.2 Å². The maximum atomic E-state index is 6.00. The van der Waals surface area contributed by atoms with E-state index in [-0.39, 0.29) is 0 Å². The Kier molecular flexibility index (Phi) is 4.91. The Morgan fingerprint density at radius 2 is 1.92 bits per heavy atom. The Bertz CT molecular complexity index is 823. The van der Waals surface area contributed by atoms with Gasteiger partial charge in [0.2, 0.25) is 0 Å². The minimum Gasteiger partial charge on any atom is -0.339 e. The summed E-state index contributed by atoms with van der Waals surface area (Å²) in [6.45, 7) is 4.79.